The van der Waals surface area contributed by atoms with Crippen LogP contribution in [0.15, 0.2) is 53.6 Å². The minimum Gasteiger partial charge on any atom is -0.360 e. The largest absolute Gasteiger partial charge is 0.360 e. The molecule has 0 saturated heterocycles. The van der Waals surface area contributed by atoms with Gasteiger partial charge in [0.15, 0.2) is 5.11 Å². The summed E-state index contributed by atoms with van der Waals surface area (Å²) in [4.78, 5) is 2.49. The number of hydrazone groups is 1. The molecular weight excluding hydrogens is 376 g/mol. The molecule has 0 bridgehead atoms. The lowest BCUT2D eigenvalue weighted by Gasteiger charge is -2.46. The quantitative estimate of drug-likeness (QED) is 0.387. The third-order valence-corrected chi connectivity index (χ3v) is 5.37. The van der Waals surface area contributed by atoms with Crippen LogP contribution in [0.25, 0.3) is 5.57 Å². The number of hydrogen-bond acceptors (Lipinski definition) is 3. The van der Waals surface area contributed by atoms with Crippen molar-refractivity contribution < 1.29 is 0 Å². The molecule has 2 aromatic rings. The lowest BCUT2D eigenvalue weighted by atomic mass is 9.86. The fraction of sp³-hybridized carbons (Fsp3) is 0.333. The highest BCUT2D eigenvalue weighted by atomic mass is 32.1. The molecule has 152 valence electrons. The van der Waals surface area contributed by atoms with E-state index >= 15 is 0 Å². The van der Waals surface area contributed by atoms with Crippen LogP contribution in [0, 0.1) is 6.92 Å². The number of hydrogen-bond donors (Lipinski definition) is 2. The molecule has 3 rings (SSSR count). The van der Waals surface area contributed by atoms with Crippen molar-refractivity contribution in [1.82, 2.24) is 5.43 Å². The number of allylic oxidation sites excluding steroid dienone is 1. The Balaban J connectivity index is 1.81. The molecule has 1 aliphatic rings. The van der Waals surface area contributed by atoms with Gasteiger partial charge in [0.2, 0.25) is 0 Å². The van der Waals surface area contributed by atoms with Gasteiger partial charge >= 0.3 is 0 Å². The van der Waals surface area contributed by atoms with Crippen LogP contribution in [-0.2, 0) is 0 Å². The number of thiocarbonyl (C=S) groups is 1. The molecule has 1 heterocycles. The molecular formula is C24H30N4S. The van der Waals surface area contributed by atoms with Crippen molar-refractivity contribution in [2.24, 2.45) is 5.10 Å². The van der Waals surface area contributed by atoms with E-state index in [1.807, 2.05) is 36.5 Å². The summed E-state index contributed by atoms with van der Waals surface area (Å²) in [6.07, 6.45) is 4.18. The molecule has 0 saturated carbocycles. The van der Waals surface area contributed by atoms with E-state index in [0.717, 1.165) is 11.3 Å². The average molecular weight is 407 g/mol. The number of nitrogens with zero attached hydrogens (tertiary/aromatic N) is 2. The van der Waals surface area contributed by atoms with Crippen molar-refractivity contribution in [3.63, 3.8) is 0 Å². The van der Waals surface area contributed by atoms with Crippen LogP contribution in [0.3, 0.4) is 0 Å². The van der Waals surface area contributed by atoms with Crippen LogP contribution in [0.1, 0.15) is 51.3 Å². The molecule has 5 heteroatoms. The number of fused-ring (bicyclic) bond motifs is 1. The zero-order valence-corrected chi connectivity index (χ0v) is 18.9. The molecule has 0 aliphatic carbocycles. The van der Waals surface area contributed by atoms with Crippen molar-refractivity contribution in [3.05, 3.63) is 65.2 Å². The topological polar surface area (TPSA) is 39.7 Å². The van der Waals surface area contributed by atoms with E-state index in [2.05, 4.69) is 80.5 Å². The maximum Gasteiger partial charge on any atom is 0.191 e. The first-order valence-corrected chi connectivity index (χ1v) is 10.4. The van der Waals surface area contributed by atoms with Gasteiger partial charge in [-0.1, -0.05) is 24.3 Å². The maximum absolute atomic E-state index is 5.32. The molecule has 1 aliphatic heterocycles. The van der Waals surface area contributed by atoms with Gasteiger partial charge in [-0.3, -0.25) is 5.43 Å². The molecule has 0 aromatic heterocycles. The Morgan fingerprint density at radius 2 is 1.83 bits per heavy atom. The number of anilines is 2. The third-order valence-electron chi connectivity index (χ3n) is 5.18. The van der Waals surface area contributed by atoms with Crippen LogP contribution < -0.4 is 15.6 Å². The van der Waals surface area contributed by atoms with Gasteiger partial charge in [-0.15, -0.1) is 0 Å². The lowest BCUT2D eigenvalue weighted by Crippen LogP contribution is -2.49. The first-order valence-electron chi connectivity index (χ1n) is 9.98. The van der Waals surface area contributed by atoms with Gasteiger partial charge in [-0.2, -0.15) is 5.10 Å². The van der Waals surface area contributed by atoms with Crippen LogP contribution >= 0.6 is 12.2 Å². The number of nitrogens with one attached hydrogen (secondary N) is 2. The Hall–Kier alpha value is -2.66. The molecule has 0 amide bonds. The summed E-state index contributed by atoms with van der Waals surface area (Å²) < 4.78 is 0. The predicted octanol–water partition coefficient (Wildman–Crippen LogP) is 5.73. The van der Waals surface area contributed by atoms with Gasteiger partial charge in [0.05, 0.1) is 11.8 Å². The molecule has 0 radical (unpaired) electrons. The molecule has 0 unspecified atom stereocenters. The highest BCUT2D eigenvalue weighted by molar-refractivity contribution is 7.80. The zero-order chi connectivity index (χ0) is 21.2. The van der Waals surface area contributed by atoms with Gasteiger partial charge in [0.1, 0.15) is 0 Å². The van der Waals surface area contributed by atoms with Crippen LogP contribution in [-0.4, -0.2) is 22.9 Å². The maximum atomic E-state index is 5.32. The second-order valence-electron chi connectivity index (χ2n) is 8.36. The molecule has 2 aromatic carbocycles. The van der Waals surface area contributed by atoms with E-state index < -0.39 is 0 Å². The summed E-state index contributed by atoms with van der Waals surface area (Å²) in [5.41, 5.74) is 9.93. The van der Waals surface area contributed by atoms with Crippen LogP contribution in [0.4, 0.5) is 11.4 Å². The Kier molecular flexibility index (Phi) is 6.08. The van der Waals surface area contributed by atoms with Gasteiger partial charge in [0, 0.05) is 23.0 Å². The number of aryl methyl sites for hydroxylation is 1. The van der Waals surface area contributed by atoms with Crippen molar-refractivity contribution in [1.29, 1.82) is 0 Å². The van der Waals surface area contributed by atoms with Gasteiger partial charge < -0.3 is 10.2 Å². The van der Waals surface area contributed by atoms with E-state index in [1.54, 1.807) is 0 Å². The Labute approximate surface area is 179 Å². The van der Waals surface area contributed by atoms with E-state index in [9.17, 15) is 0 Å². The average Bonchev–Trinajstić information content (AvgIpc) is 2.62. The number of rotatable bonds is 4. The Morgan fingerprint density at radius 3 is 2.48 bits per heavy atom. The van der Waals surface area contributed by atoms with Crippen molar-refractivity contribution >= 4 is 40.5 Å². The van der Waals surface area contributed by atoms with E-state index in [0.29, 0.717) is 11.2 Å². The van der Waals surface area contributed by atoms with Crippen LogP contribution in [0.2, 0.25) is 0 Å². The minimum atomic E-state index is -0.00977. The fourth-order valence-electron chi connectivity index (χ4n) is 4.14. The highest BCUT2D eigenvalue weighted by Gasteiger charge is 2.33. The van der Waals surface area contributed by atoms with Gasteiger partial charge in [-0.25, -0.2) is 0 Å². The predicted molar refractivity (Wildman–Crippen MR) is 130 cm³/mol. The van der Waals surface area contributed by atoms with Crippen molar-refractivity contribution in [2.75, 3.05) is 10.2 Å². The standard InChI is InChI=1S/C24H30N4S/c1-16(2)28-22-12-17(3)19(13-21(22)18(4)14-24(28,5)6)15-25-27-23(29)26-20-10-8-7-9-11-20/h7-16H,1-6H3,(H2,26,27,29)/b25-15+. The van der Waals surface area contributed by atoms with Gasteiger partial charge in [0.25, 0.3) is 0 Å². The Morgan fingerprint density at radius 1 is 1.14 bits per heavy atom. The van der Waals surface area contributed by atoms with Gasteiger partial charge in [-0.05, 0) is 94.7 Å². The summed E-state index contributed by atoms with van der Waals surface area (Å²) >= 11 is 5.32. The smallest absolute Gasteiger partial charge is 0.191 e. The minimum absolute atomic E-state index is 0.00977. The summed E-state index contributed by atoms with van der Waals surface area (Å²) in [5, 5.41) is 7.93. The number of benzene rings is 2. The fourth-order valence-corrected chi connectivity index (χ4v) is 4.31. The van der Waals surface area contributed by atoms with E-state index in [1.165, 1.54) is 22.4 Å². The summed E-state index contributed by atoms with van der Waals surface area (Å²) in [6.45, 7) is 13.3. The second kappa shape index (κ2) is 8.37. The first kappa shape index (κ1) is 21.1. The number of para-hydroxylation sites is 1. The van der Waals surface area contributed by atoms with E-state index in [4.69, 9.17) is 12.2 Å². The normalized spacial score (nSPS) is 15.3. The molecule has 0 fully saturated rings. The molecule has 0 atom stereocenters. The highest BCUT2D eigenvalue weighted by Crippen LogP contribution is 2.41. The van der Waals surface area contributed by atoms with Crippen molar-refractivity contribution in [2.45, 2.75) is 53.1 Å². The third kappa shape index (κ3) is 4.67. The zero-order valence-electron chi connectivity index (χ0n) is 18.1. The van der Waals surface area contributed by atoms with Crippen molar-refractivity contribution in [3.8, 4) is 0 Å². The SMILES string of the molecule is CC1=CC(C)(C)N(C(C)C)c2cc(C)c(/C=N/NC(=S)Nc3ccccc3)cc21. The summed E-state index contributed by atoms with van der Waals surface area (Å²) in [7, 11) is 0. The Bertz CT molecular complexity index is 958. The summed E-state index contributed by atoms with van der Waals surface area (Å²) in [5.74, 6) is 0. The lowest BCUT2D eigenvalue weighted by molar-refractivity contribution is 0.507. The molecule has 0 spiro atoms. The monoisotopic (exact) mass is 406 g/mol. The molecule has 4 nitrogen and oxygen atoms in total. The molecule has 29 heavy (non-hydrogen) atoms. The second-order valence-corrected chi connectivity index (χ2v) is 8.77. The van der Waals surface area contributed by atoms with E-state index in [-0.39, 0.29) is 5.54 Å². The molecule has 2 N–H and O–H groups in total. The van der Waals surface area contributed by atoms with Crippen LogP contribution in [0.5, 0.6) is 0 Å². The first-order chi connectivity index (χ1) is 13.7. The summed E-state index contributed by atoms with van der Waals surface area (Å²) in [6, 6.07) is 14.7.